The van der Waals surface area contributed by atoms with Crippen molar-refractivity contribution in [1.82, 2.24) is 0 Å². The lowest BCUT2D eigenvalue weighted by molar-refractivity contribution is 0.281. The number of hydrogen-bond acceptors (Lipinski definition) is 1. The second kappa shape index (κ2) is 4.36. The Bertz CT molecular complexity index is 337. The summed E-state index contributed by atoms with van der Waals surface area (Å²) in [5, 5.41) is 9.22. The quantitative estimate of drug-likeness (QED) is 0.798. The van der Waals surface area contributed by atoms with E-state index in [0.717, 1.165) is 17.9 Å². The molecule has 1 nitrogen and oxygen atoms in total. The number of hydrogen-bond donors (Lipinski definition) is 1. The molecule has 1 aromatic carbocycles. The SMILES string of the molecule is CC(C)Cc1cc(CO)cc(C2CC2)c1. The maximum atomic E-state index is 9.22. The molecule has 0 saturated heterocycles. The van der Waals surface area contributed by atoms with E-state index in [1.54, 1.807) is 0 Å². The monoisotopic (exact) mass is 204 g/mol. The smallest absolute Gasteiger partial charge is 0.0682 e. The Hall–Kier alpha value is -0.820. The van der Waals surface area contributed by atoms with E-state index in [4.69, 9.17) is 0 Å². The lowest BCUT2D eigenvalue weighted by Gasteiger charge is -2.09. The topological polar surface area (TPSA) is 20.2 Å². The molecular formula is C14H20O. The highest BCUT2D eigenvalue weighted by Crippen LogP contribution is 2.40. The van der Waals surface area contributed by atoms with Crippen LogP contribution in [0.3, 0.4) is 0 Å². The molecule has 0 bridgehead atoms. The van der Waals surface area contributed by atoms with Crippen LogP contribution in [0.25, 0.3) is 0 Å². The third-order valence-corrected chi connectivity index (χ3v) is 2.95. The number of aliphatic hydroxyl groups is 1. The van der Waals surface area contributed by atoms with E-state index in [1.807, 2.05) is 0 Å². The molecule has 0 heterocycles. The first-order chi connectivity index (χ1) is 7.19. The van der Waals surface area contributed by atoms with Crippen molar-refractivity contribution in [1.29, 1.82) is 0 Å². The van der Waals surface area contributed by atoms with Crippen LogP contribution in [-0.4, -0.2) is 5.11 Å². The fraction of sp³-hybridized carbons (Fsp3) is 0.571. The van der Waals surface area contributed by atoms with Gasteiger partial charge in [0.2, 0.25) is 0 Å². The minimum Gasteiger partial charge on any atom is -0.392 e. The van der Waals surface area contributed by atoms with Crippen LogP contribution in [0, 0.1) is 5.92 Å². The van der Waals surface area contributed by atoms with Crippen LogP contribution in [0.2, 0.25) is 0 Å². The van der Waals surface area contributed by atoms with Crippen LogP contribution < -0.4 is 0 Å². The van der Waals surface area contributed by atoms with Gasteiger partial charge in [-0.05, 0) is 47.8 Å². The first-order valence-electron chi connectivity index (χ1n) is 5.92. The fourth-order valence-corrected chi connectivity index (χ4v) is 2.12. The standard InChI is InChI=1S/C14H20O/c1-10(2)5-11-6-12(9-15)8-14(7-11)13-3-4-13/h6-8,10,13,15H,3-5,9H2,1-2H3. The van der Waals surface area contributed by atoms with E-state index in [0.29, 0.717) is 5.92 Å². The lowest BCUT2D eigenvalue weighted by atomic mass is 9.97. The Morgan fingerprint density at radius 2 is 1.87 bits per heavy atom. The molecule has 1 N–H and O–H groups in total. The van der Waals surface area contributed by atoms with Crippen LogP contribution >= 0.6 is 0 Å². The van der Waals surface area contributed by atoms with E-state index in [2.05, 4.69) is 32.0 Å². The van der Waals surface area contributed by atoms with Crippen LogP contribution in [0.4, 0.5) is 0 Å². The van der Waals surface area contributed by atoms with Crippen molar-refractivity contribution in [3.8, 4) is 0 Å². The highest BCUT2D eigenvalue weighted by atomic mass is 16.3. The average Bonchev–Trinajstić information content (AvgIpc) is 2.99. The molecule has 1 aromatic rings. The van der Waals surface area contributed by atoms with E-state index in [1.165, 1.54) is 24.0 Å². The molecule has 1 aliphatic rings. The summed E-state index contributed by atoms with van der Waals surface area (Å²) >= 11 is 0. The van der Waals surface area contributed by atoms with Crippen molar-refractivity contribution in [2.24, 2.45) is 5.92 Å². The second-order valence-electron chi connectivity index (χ2n) is 5.11. The molecule has 0 radical (unpaired) electrons. The van der Waals surface area contributed by atoms with Crippen molar-refractivity contribution in [3.05, 3.63) is 34.9 Å². The summed E-state index contributed by atoms with van der Waals surface area (Å²) in [6.07, 6.45) is 3.78. The molecule has 2 rings (SSSR count). The van der Waals surface area contributed by atoms with Crippen molar-refractivity contribution in [2.45, 2.75) is 45.6 Å². The number of rotatable bonds is 4. The molecule has 0 amide bonds. The molecule has 0 atom stereocenters. The predicted molar refractivity (Wildman–Crippen MR) is 62.9 cm³/mol. The van der Waals surface area contributed by atoms with Crippen molar-refractivity contribution in [3.63, 3.8) is 0 Å². The number of aliphatic hydroxyl groups excluding tert-OH is 1. The summed E-state index contributed by atoms with van der Waals surface area (Å²) in [7, 11) is 0. The predicted octanol–water partition coefficient (Wildman–Crippen LogP) is 3.25. The van der Waals surface area contributed by atoms with Crippen LogP contribution in [-0.2, 0) is 13.0 Å². The van der Waals surface area contributed by atoms with Gasteiger partial charge in [-0.25, -0.2) is 0 Å². The van der Waals surface area contributed by atoms with E-state index in [-0.39, 0.29) is 6.61 Å². The van der Waals surface area contributed by atoms with Crippen LogP contribution in [0.5, 0.6) is 0 Å². The van der Waals surface area contributed by atoms with Gasteiger partial charge in [-0.1, -0.05) is 32.0 Å². The normalized spacial score (nSPS) is 16.0. The van der Waals surface area contributed by atoms with Gasteiger partial charge in [0.25, 0.3) is 0 Å². The van der Waals surface area contributed by atoms with Gasteiger partial charge in [-0.15, -0.1) is 0 Å². The molecular weight excluding hydrogens is 184 g/mol. The van der Waals surface area contributed by atoms with Gasteiger partial charge in [0.15, 0.2) is 0 Å². The molecule has 1 heteroatoms. The first kappa shape index (κ1) is 10.7. The zero-order chi connectivity index (χ0) is 10.8. The highest BCUT2D eigenvalue weighted by molar-refractivity contribution is 5.34. The Labute approximate surface area is 92.1 Å². The summed E-state index contributed by atoms with van der Waals surface area (Å²) in [5.41, 5.74) is 3.91. The van der Waals surface area contributed by atoms with Gasteiger partial charge in [0.05, 0.1) is 6.61 Å². The summed E-state index contributed by atoms with van der Waals surface area (Å²) in [6, 6.07) is 6.64. The van der Waals surface area contributed by atoms with Crippen molar-refractivity contribution in [2.75, 3.05) is 0 Å². The summed E-state index contributed by atoms with van der Waals surface area (Å²) in [4.78, 5) is 0. The van der Waals surface area contributed by atoms with E-state index < -0.39 is 0 Å². The van der Waals surface area contributed by atoms with Crippen molar-refractivity contribution < 1.29 is 5.11 Å². The summed E-state index contributed by atoms with van der Waals surface area (Å²) in [6.45, 7) is 4.65. The molecule has 0 aromatic heterocycles. The largest absolute Gasteiger partial charge is 0.392 e. The minimum atomic E-state index is 0.172. The molecule has 0 spiro atoms. The van der Waals surface area contributed by atoms with Gasteiger partial charge >= 0.3 is 0 Å². The molecule has 1 saturated carbocycles. The molecule has 82 valence electrons. The summed E-state index contributed by atoms with van der Waals surface area (Å²) in [5.74, 6) is 1.47. The first-order valence-corrected chi connectivity index (χ1v) is 5.92. The van der Waals surface area contributed by atoms with Crippen LogP contribution in [0.1, 0.15) is 49.3 Å². The van der Waals surface area contributed by atoms with Gasteiger partial charge in [-0.3, -0.25) is 0 Å². The second-order valence-corrected chi connectivity index (χ2v) is 5.11. The maximum absolute atomic E-state index is 9.22. The Kier molecular flexibility index (Phi) is 3.11. The maximum Gasteiger partial charge on any atom is 0.0682 e. The molecule has 15 heavy (non-hydrogen) atoms. The van der Waals surface area contributed by atoms with E-state index in [9.17, 15) is 5.11 Å². The Balaban J connectivity index is 2.24. The third kappa shape index (κ3) is 2.82. The Morgan fingerprint density at radius 1 is 1.20 bits per heavy atom. The minimum absolute atomic E-state index is 0.172. The molecule has 0 aliphatic heterocycles. The summed E-state index contributed by atoms with van der Waals surface area (Å²) < 4.78 is 0. The lowest BCUT2D eigenvalue weighted by Crippen LogP contribution is -1.97. The fourth-order valence-electron chi connectivity index (χ4n) is 2.12. The van der Waals surface area contributed by atoms with Gasteiger partial charge in [-0.2, -0.15) is 0 Å². The third-order valence-electron chi connectivity index (χ3n) is 2.95. The molecule has 1 fully saturated rings. The molecule has 1 aliphatic carbocycles. The van der Waals surface area contributed by atoms with Gasteiger partial charge < -0.3 is 5.11 Å². The van der Waals surface area contributed by atoms with Gasteiger partial charge in [0.1, 0.15) is 0 Å². The van der Waals surface area contributed by atoms with Gasteiger partial charge in [0, 0.05) is 0 Å². The zero-order valence-electron chi connectivity index (χ0n) is 9.66. The van der Waals surface area contributed by atoms with Crippen molar-refractivity contribution >= 4 is 0 Å². The zero-order valence-corrected chi connectivity index (χ0v) is 9.66. The van der Waals surface area contributed by atoms with E-state index >= 15 is 0 Å². The highest BCUT2D eigenvalue weighted by Gasteiger charge is 2.24. The van der Waals surface area contributed by atoms with Crippen LogP contribution in [0.15, 0.2) is 18.2 Å². The average molecular weight is 204 g/mol. The Morgan fingerprint density at radius 3 is 2.40 bits per heavy atom. The number of benzene rings is 1. The molecule has 0 unspecified atom stereocenters.